The lowest BCUT2D eigenvalue weighted by Crippen LogP contribution is -2.46. The average molecular weight is 315 g/mol. The first-order valence-electron chi connectivity index (χ1n) is 8.80. The topological polar surface area (TPSA) is 48.9 Å². The number of nitrogens with one attached hydrogen (secondary N) is 2. The zero-order valence-electron chi connectivity index (χ0n) is 15.8. The van der Waals surface area contributed by atoms with Gasteiger partial charge in [0.25, 0.3) is 0 Å². The molecule has 0 amide bonds. The van der Waals surface area contributed by atoms with Gasteiger partial charge in [-0.2, -0.15) is 0 Å². The lowest BCUT2D eigenvalue weighted by Gasteiger charge is -2.27. The first-order chi connectivity index (χ1) is 10.5. The largest absolute Gasteiger partial charge is 0.378 e. The van der Waals surface area contributed by atoms with Crippen molar-refractivity contribution < 1.29 is 4.74 Å². The molecule has 0 heterocycles. The van der Waals surface area contributed by atoms with Crippen molar-refractivity contribution in [1.82, 2.24) is 15.5 Å². The summed E-state index contributed by atoms with van der Waals surface area (Å²) in [4.78, 5) is 6.73. The van der Waals surface area contributed by atoms with Gasteiger partial charge in [-0.1, -0.05) is 27.7 Å². The van der Waals surface area contributed by atoms with Gasteiger partial charge in [-0.05, 0) is 39.3 Å². The summed E-state index contributed by atoms with van der Waals surface area (Å²) in [5, 5.41) is 6.79. The van der Waals surface area contributed by atoms with Crippen LogP contribution in [0.2, 0.25) is 0 Å². The molecular formula is C17H38N4O. The predicted molar refractivity (Wildman–Crippen MR) is 96.6 cm³/mol. The number of rotatable bonds is 11. The van der Waals surface area contributed by atoms with Crippen LogP contribution in [0.3, 0.4) is 0 Å². The Morgan fingerprint density at radius 3 is 2.18 bits per heavy atom. The number of nitrogens with zero attached hydrogens (tertiary/aromatic N) is 2. The van der Waals surface area contributed by atoms with Gasteiger partial charge in [-0.3, -0.25) is 9.89 Å². The Kier molecular flexibility index (Phi) is 12.2. The second-order valence-electron chi connectivity index (χ2n) is 5.98. The molecule has 0 spiro atoms. The highest BCUT2D eigenvalue weighted by Gasteiger charge is 2.13. The Hall–Kier alpha value is -0.810. The molecule has 0 fully saturated rings. The third kappa shape index (κ3) is 8.59. The average Bonchev–Trinajstić information content (AvgIpc) is 2.50. The number of aliphatic imine (C=N–C) groups is 1. The molecule has 0 saturated carbocycles. The predicted octanol–water partition coefficient (Wildman–Crippen LogP) is 2.33. The quantitative estimate of drug-likeness (QED) is 0.454. The van der Waals surface area contributed by atoms with Gasteiger partial charge < -0.3 is 15.4 Å². The summed E-state index contributed by atoms with van der Waals surface area (Å²) in [6.07, 6.45) is 1.31. The molecule has 0 aliphatic carbocycles. The van der Waals surface area contributed by atoms with E-state index in [1.54, 1.807) is 0 Å². The number of ether oxygens (including phenoxy) is 1. The summed E-state index contributed by atoms with van der Waals surface area (Å²) in [5.74, 6) is 1.41. The first kappa shape index (κ1) is 21.2. The Morgan fingerprint density at radius 2 is 1.73 bits per heavy atom. The molecular weight excluding hydrogens is 276 g/mol. The molecule has 2 N–H and O–H groups in total. The van der Waals surface area contributed by atoms with Gasteiger partial charge in [0.05, 0.1) is 6.10 Å². The van der Waals surface area contributed by atoms with Crippen molar-refractivity contribution in [3.63, 3.8) is 0 Å². The van der Waals surface area contributed by atoms with Crippen molar-refractivity contribution in [2.24, 2.45) is 10.9 Å². The van der Waals surface area contributed by atoms with Crippen LogP contribution < -0.4 is 10.6 Å². The van der Waals surface area contributed by atoms with Gasteiger partial charge in [0.15, 0.2) is 5.96 Å². The van der Waals surface area contributed by atoms with Gasteiger partial charge in [-0.25, -0.2) is 0 Å². The Labute approximate surface area is 137 Å². The maximum atomic E-state index is 5.77. The zero-order valence-corrected chi connectivity index (χ0v) is 15.8. The summed E-state index contributed by atoms with van der Waals surface area (Å²) >= 11 is 0. The number of hydrogen-bond donors (Lipinski definition) is 2. The second kappa shape index (κ2) is 12.7. The van der Waals surface area contributed by atoms with Gasteiger partial charge in [0.1, 0.15) is 0 Å². The second-order valence-corrected chi connectivity index (χ2v) is 5.98. The van der Waals surface area contributed by atoms with E-state index in [1.807, 2.05) is 7.05 Å². The lowest BCUT2D eigenvalue weighted by atomic mass is 10.0. The fourth-order valence-corrected chi connectivity index (χ4v) is 2.60. The Bertz CT molecular complexity index is 290. The zero-order chi connectivity index (χ0) is 17.0. The molecule has 0 radical (unpaired) electrons. The Morgan fingerprint density at radius 1 is 1.09 bits per heavy atom. The molecule has 2 atom stereocenters. The molecule has 5 nitrogen and oxygen atoms in total. The van der Waals surface area contributed by atoms with Crippen LogP contribution in [0.15, 0.2) is 4.99 Å². The smallest absolute Gasteiger partial charge is 0.191 e. The van der Waals surface area contributed by atoms with Crippen molar-refractivity contribution in [3.8, 4) is 0 Å². The molecule has 132 valence electrons. The van der Waals surface area contributed by atoms with Crippen molar-refractivity contribution >= 4 is 5.96 Å². The highest BCUT2D eigenvalue weighted by molar-refractivity contribution is 5.79. The minimum Gasteiger partial charge on any atom is -0.378 e. The molecule has 0 aromatic rings. The SMILES string of the molecule is CCOC(CCNC(=NC)NCC(C)N(CC)CC)C(C)C. The minimum absolute atomic E-state index is 0.310. The van der Waals surface area contributed by atoms with Crippen LogP contribution in [0.1, 0.15) is 48.0 Å². The van der Waals surface area contributed by atoms with E-state index in [0.29, 0.717) is 18.1 Å². The molecule has 0 aliphatic rings. The third-order valence-electron chi connectivity index (χ3n) is 4.07. The molecule has 0 bridgehead atoms. The number of likely N-dealkylation sites (N-methyl/N-ethyl adjacent to an activating group) is 1. The van der Waals surface area contributed by atoms with E-state index >= 15 is 0 Å². The van der Waals surface area contributed by atoms with Gasteiger partial charge >= 0.3 is 0 Å². The van der Waals surface area contributed by atoms with Gasteiger partial charge in [0, 0.05) is 32.8 Å². The maximum Gasteiger partial charge on any atom is 0.191 e. The fourth-order valence-electron chi connectivity index (χ4n) is 2.60. The van der Waals surface area contributed by atoms with Crippen molar-refractivity contribution in [2.45, 2.75) is 60.1 Å². The molecule has 0 saturated heterocycles. The molecule has 0 aliphatic heterocycles. The molecule has 0 rings (SSSR count). The van der Waals surface area contributed by atoms with Crippen molar-refractivity contribution in [2.75, 3.05) is 39.8 Å². The normalized spacial score (nSPS) is 15.2. The summed E-state index contributed by atoms with van der Waals surface area (Å²) < 4.78 is 5.77. The van der Waals surface area contributed by atoms with E-state index < -0.39 is 0 Å². The standard InChI is InChI=1S/C17H38N4O/c1-8-21(9-2)15(6)13-20-17(18-7)19-12-11-16(14(4)5)22-10-3/h14-16H,8-13H2,1-7H3,(H2,18,19,20). The summed E-state index contributed by atoms with van der Waals surface area (Å²) in [5.41, 5.74) is 0. The molecule has 0 aromatic carbocycles. The first-order valence-corrected chi connectivity index (χ1v) is 8.80. The number of guanidine groups is 1. The van der Waals surface area contributed by atoms with Crippen molar-refractivity contribution in [3.05, 3.63) is 0 Å². The van der Waals surface area contributed by atoms with Crippen LogP contribution in [0.5, 0.6) is 0 Å². The van der Waals surface area contributed by atoms with Crippen LogP contribution in [0.4, 0.5) is 0 Å². The number of hydrogen-bond acceptors (Lipinski definition) is 3. The van der Waals surface area contributed by atoms with Crippen LogP contribution in [-0.4, -0.2) is 62.8 Å². The molecule has 5 heteroatoms. The van der Waals surface area contributed by atoms with Crippen molar-refractivity contribution in [1.29, 1.82) is 0 Å². The highest BCUT2D eigenvalue weighted by Crippen LogP contribution is 2.09. The molecule has 22 heavy (non-hydrogen) atoms. The maximum absolute atomic E-state index is 5.77. The highest BCUT2D eigenvalue weighted by atomic mass is 16.5. The van der Waals surface area contributed by atoms with E-state index in [-0.39, 0.29) is 0 Å². The van der Waals surface area contributed by atoms with E-state index in [4.69, 9.17) is 4.74 Å². The van der Waals surface area contributed by atoms with Gasteiger partial charge in [-0.15, -0.1) is 0 Å². The van der Waals surface area contributed by atoms with Crippen LogP contribution in [-0.2, 0) is 4.74 Å². The summed E-state index contributed by atoms with van der Waals surface area (Å²) in [6, 6.07) is 0.500. The van der Waals surface area contributed by atoms with Crippen LogP contribution >= 0.6 is 0 Å². The van der Waals surface area contributed by atoms with E-state index in [2.05, 4.69) is 62.1 Å². The van der Waals surface area contributed by atoms with E-state index in [1.165, 1.54) is 0 Å². The fraction of sp³-hybridized carbons (Fsp3) is 0.941. The summed E-state index contributed by atoms with van der Waals surface area (Å²) in [6.45, 7) is 17.8. The minimum atomic E-state index is 0.310. The van der Waals surface area contributed by atoms with Crippen LogP contribution in [0.25, 0.3) is 0 Å². The monoisotopic (exact) mass is 314 g/mol. The molecule has 0 aromatic heterocycles. The van der Waals surface area contributed by atoms with E-state index in [0.717, 1.165) is 45.2 Å². The third-order valence-corrected chi connectivity index (χ3v) is 4.07. The summed E-state index contributed by atoms with van der Waals surface area (Å²) in [7, 11) is 1.82. The van der Waals surface area contributed by atoms with Gasteiger partial charge in [0.2, 0.25) is 0 Å². The lowest BCUT2D eigenvalue weighted by molar-refractivity contribution is 0.0258. The van der Waals surface area contributed by atoms with E-state index in [9.17, 15) is 0 Å². The Balaban J connectivity index is 4.12. The molecule has 2 unspecified atom stereocenters. The van der Waals surface area contributed by atoms with Crippen LogP contribution in [0, 0.1) is 5.92 Å².